The van der Waals surface area contributed by atoms with E-state index in [0.29, 0.717) is 13.1 Å². The predicted octanol–water partition coefficient (Wildman–Crippen LogP) is 8.41. The summed E-state index contributed by atoms with van der Waals surface area (Å²) in [6.45, 7) is 12.7. The number of fused-ring (bicyclic) bond motifs is 1. The smallest absolute Gasteiger partial charge is 0.410 e. The van der Waals surface area contributed by atoms with E-state index in [2.05, 4.69) is 52.5 Å². The minimum absolute atomic E-state index is 0.104. The predicted molar refractivity (Wildman–Crippen MR) is 181 cm³/mol. The molecular formula is C35H44N6O4S. The van der Waals surface area contributed by atoms with E-state index in [1.54, 1.807) is 21.1 Å². The summed E-state index contributed by atoms with van der Waals surface area (Å²) >= 11 is 1.68. The Morgan fingerprint density at radius 1 is 0.913 bits per heavy atom. The van der Waals surface area contributed by atoms with Gasteiger partial charge in [-0.25, -0.2) is 19.6 Å². The van der Waals surface area contributed by atoms with Gasteiger partial charge in [0.25, 0.3) is 0 Å². The van der Waals surface area contributed by atoms with Crippen LogP contribution in [0.15, 0.2) is 42.6 Å². The average molecular weight is 645 g/mol. The summed E-state index contributed by atoms with van der Waals surface area (Å²) in [5, 5.41) is 0. The summed E-state index contributed by atoms with van der Waals surface area (Å²) in [6, 6.07) is 10.3. The Labute approximate surface area is 274 Å². The number of nitrogens with one attached hydrogen (secondary N) is 2. The molecule has 2 atom stereocenters. The highest BCUT2D eigenvalue weighted by Gasteiger charge is 2.36. The Bertz CT molecular complexity index is 1740. The molecule has 2 N–H and O–H groups in total. The molecule has 10 nitrogen and oxygen atoms in total. The van der Waals surface area contributed by atoms with Crippen LogP contribution < -0.4 is 0 Å². The molecule has 2 aliphatic rings. The van der Waals surface area contributed by atoms with Crippen LogP contribution in [0.1, 0.15) is 101 Å². The Morgan fingerprint density at radius 3 is 2.22 bits per heavy atom. The van der Waals surface area contributed by atoms with Gasteiger partial charge in [-0.05, 0) is 110 Å². The molecule has 244 valence electrons. The van der Waals surface area contributed by atoms with Crippen molar-refractivity contribution in [1.82, 2.24) is 29.7 Å². The third kappa shape index (κ3) is 7.30. The fraction of sp³-hybridized carbons (Fsp3) is 0.486. The van der Waals surface area contributed by atoms with Gasteiger partial charge in [0.2, 0.25) is 0 Å². The fourth-order valence-corrected chi connectivity index (χ4v) is 6.96. The highest BCUT2D eigenvalue weighted by atomic mass is 32.1. The molecule has 0 spiro atoms. The van der Waals surface area contributed by atoms with Crippen molar-refractivity contribution in [2.75, 3.05) is 13.1 Å². The molecule has 1 unspecified atom stereocenters. The van der Waals surface area contributed by atoms with Crippen molar-refractivity contribution in [2.24, 2.45) is 0 Å². The normalized spacial score (nSPS) is 19.1. The fourth-order valence-electron chi connectivity index (χ4n) is 6.06. The maximum absolute atomic E-state index is 12.8. The number of nitrogens with zero attached hydrogens (tertiary/aromatic N) is 4. The molecule has 2 amide bonds. The van der Waals surface area contributed by atoms with Crippen LogP contribution in [0.2, 0.25) is 0 Å². The Morgan fingerprint density at radius 2 is 1.57 bits per heavy atom. The number of hydrogen-bond acceptors (Lipinski definition) is 7. The first kappa shape index (κ1) is 31.8. The number of allylic oxidation sites excluding steroid dienone is 1. The van der Waals surface area contributed by atoms with Crippen molar-refractivity contribution in [3.63, 3.8) is 0 Å². The highest BCUT2D eigenvalue weighted by molar-refractivity contribution is 7.16. The number of rotatable bonds is 6. The molecule has 3 aromatic heterocycles. The number of carbonyl (C=O) groups excluding carboxylic acids is 2. The van der Waals surface area contributed by atoms with Crippen molar-refractivity contribution in [2.45, 2.75) is 96.9 Å². The first-order valence-corrected chi connectivity index (χ1v) is 16.9. The summed E-state index contributed by atoms with van der Waals surface area (Å²) < 4.78 is 11.3. The minimum atomic E-state index is -0.532. The van der Waals surface area contributed by atoms with E-state index in [1.807, 2.05) is 47.7 Å². The first-order chi connectivity index (χ1) is 21.8. The Kier molecular flexibility index (Phi) is 8.71. The summed E-state index contributed by atoms with van der Waals surface area (Å²) in [5.41, 5.74) is 2.84. The van der Waals surface area contributed by atoms with Crippen molar-refractivity contribution < 1.29 is 19.1 Å². The lowest BCUT2D eigenvalue weighted by molar-refractivity contribution is 0.0208. The van der Waals surface area contributed by atoms with Gasteiger partial charge in [-0.15, -0.1) is 11.3 Å². The third-order valence-corrected chi connectivity index (χ3v) is 9.14. The maximum Gasteiger partial charge on any atom is 0.410 e. The number of thiophene rings is 1. The number of carbonyl (C=O) groups is 2. The molecular weight excluding hydrogens is 600 g/mol. The second-order valence-electron chi connectivity index (χ2n) is 14.1. The number of likely N-dealkylation sites (tertiary alicyclic amines) is 2. The molecule has 11 heteroatoms. The van der Waals surface area contributed by atoms with Gasteiger partial charge >= 0.3 is 12.2 Å². The van der Waals surface area contributed by atoms with E-state index >= 15 is 0 Å². The number of H-pyrrole nitrogens is 2. The summed E-state index contributed by atoms with van der Waals surface area (Å²) in [5.74, 6) is 1.61. The quantitative estimate of drug-likeness (QED) is 0.218. The van der Waals surface area contributed by atoms with E-state index in [9.17, 15) is 9.59 Å². The van der Waals surface area contributed by atoms with Gasteiger partial charge in [-0.3, -0.25) is 9.80 Å². The SMILES string of the molecule is CC(C)(C)OC(=O)N1CCCC1c1nc(-c2ccc(/C=C/Cc3ccc4[nH]c([C@@H]5CCCN5C(=O)OC(C)(C)C)nc4c3)s2)c[nH]1. The van der Waals surface area contributed by atoms with Gasteiger partial charge in [0.05, 0.1) is 33.7 Å². The van der Waals surface area contributed by atoms with Crippen molar-refractivity contribution in [3.05, 3.63) is 64.7 Å². The average Bonchev–Trinajstić information content (AvgIpc) is 3.80. The van der Waals surface area contributed by atoms with Crippen LogP contribution in [0.25, 0.3) is 27.7 Å². The number of aromatic nitrogens is 4. The Balaban J connectivity index is 1.08. The number of benzene rings is 1. The molecule has 2 aliphatic heterocycles. The number of ether oxygens (including phenoxy) is 2. The third-order valence-electron chi connectivity index (χ3n) is 8.07. The molecule has 0 aliphatic carbocycles. The lowest BCUT2D eigenvalue weighted by Gasteiger charge is -2.27. The zero-order chi connectivity index (χ0) is 32.6. The maximum atomic E-state index is 12.8. The standard InChI is InChI=1S/C35H44N6O4S/c1-34(2,3)44-32(42)40-18-8-12-27(40)30-36-21-26(39-30)29-17-15-23(46-29)11-7-10-22-14-16-24-25(20-22)38-31(37-24)28-13-9-19-41(28)33(43)45-35(4,5)6/h7,11,14-17,20-21,27-28H,8-10,12-13,18-19H2,1-6H3,(H,36,39)(H,37,38)/b11-7+/t27?,28-/m0/s1. The van der Waals surface area contributed by atoms with E-state index in [4.69, 9.17) is 19.4 Å². The Hall–Kier alpha value is -4.12. The lowest BCUT2D eigenvalue weighted by Crippen LogP contribution is -2.36. The van der Waals surface area contributed by atoms with E-state index < -0.39 is 11.2 Å². The minimum Gasteiger partial charge on any atom is -0.444 e. The number of imidazole rings is 2. The molecule has 2 fully saturated rings. The van der Waals surface area contributed by atoms with Crippen LogP contribution in [-0.4, -0.2) is 66.2 Å². The van der Waals surface area contributed by atoms with Gasteiger partial charge in [0, 0.05) is 24.2 Å². The number of aromatic amines is 2. The van der Waals surface area contributed by atoms with Crippen molar-refractivity contribution in [1.29, 1.82) is 0 Å². The molecule has 2 saturated heterocycles. The number of hydrogen-bond donors (Lipinski definition) is 2. The van der Waals surface area contributed by atoms with Crippen molar-refractivity contribution in [3.8, 4) is 10.6 Å². The second-order valence-corrected chi connectivity index (χ2v) is 15.2. The first-order valence-electron chi connectivity index (χ1n) is 16.1. The molecule has 0 bridgehead atoms. The van der Waals surface area contributed by atoms with E-state index in [1.165, 1.54) is 0 Å². The molecule has 4 aromatic rings. The second kappa shape index (κ2) is 12.6. The lowest BCUT2D eigenvalue weighted by atomic mass is 10.1. The molecule has 1 aromatic carbocycles. The molecule has 5 heterocycles. The van der Waals surface area contributed by atoms with Crippen LogP contribution in [0.5, 0.6) is 0 Å². The van der Waals surface area contributed by atoms with Crippen LogP contribution in [0.3, 0.4) is 0 Å². The van der Waals surface area contributed by atoms with Crippen LogP contribution >= 0.6 is 11.3 Å². The molecule has 6 rings (SSSR count). The zero-order valence-electron chi connectivity index (χ0n) is 27.6. The van der Waals surface area contributed by atoms with Gasteiger partial charge < -0.3 is 19.4 Å². The van der Waals surface area contributed by atoms with Gasteiger partial charge in [0.1, 0.15) is 22.9 Å². The van der Waals surface area contributed by atoms with E-state index in [0.717, 1.165) is 75.8 Å². The molecule has 46 heavy (non-hydrogen) atoms. The largest absolute Gasteiger partial charge is 0.444 e. The van der Waals surface area contributed by atoms with Crippen molar-refractivity contribution >= 4 is 40.6 Å². The monoisotopic (exact) mass is 644 g/mol. The summed E-state index contributed by atoms with van der Waals surface area (Å²) in [4.78, 5) is 47.8. The topological polar surface area (TPSA) is 116 Å². The molecule has 0 saturated carbocycles. The van der Waals surface area contributed by atoms with Crippen LogP contribution in [0.4, 0.5) is 9.59 Å². The van der Waals surface area contributed by atoms with Gasteiger partial charge in [0.15, 0.2) is 0 Å². The highest BCUT2D eigenvalue weighted by Crippen LogP contribution is 2.35. The zero-order valence-corrected chi connectivity index (χ0v) is 28.4. The van der Waals surface area contributed by atoms with E-state index in [-0.39, 0.29) is 24.3 Å². The van der Waals surface area contributed by atoms with Crippen LogP contribution in [0, 0.1) is 0 Å². The van der Waals surface area contributed by atoms with Crippen LogP contribution in [-0.2, 0) is 15.9 Å². The van der Waals surface area contributed by atoms with Gasteiger partial charge in [-0.1, -0.05) is 12.1 Å². The summed E-state index contributed by atoms with van der Waals surface area (Å²) in [6.07, 6.45) is 10.00. The molecule has 0 radical (unpaired) electrons. The van der Waals surface area contributed by atoms with Gasteiger partial charge in [-0.2, -0.15) is 0 Å². The summed E-state index contributed by atoms with van der Waals surface area (Å²) in [7, 11) is 0. The number of amides is 2.